The molecule has 0 saturated carbocycles. The molecule has 27 heavy (non-hydrogen) atoms. The highest BCUT2D eigenvalue weighted by Crippen LogP contribution is 2.25. The van der Waals surface area contributed by atoms with Crippen LogP contribution in [0.3, 0.4) is 0 Å². The number of aromatic nitrogens is 4. The molecule has 0 bridgehead atoms. The topological polar surface area (TPSA) is 92.8 Å². The molecule has 9 heteroatoms. The lowest BCUT2D eigenvalue weighted by Crippen LogP contribution is -2.13. The number of rotatable bonds is 7. The van der Waals surface area contributed by atoms with Gasteiger partial charge in [0.25, 0.3) is 0 Å². The molecule has 2 heterocycles. The van der Waals surface area contributed by atoms with E-state index >= 15 is 0 Å². The van der Waals surface area contributed by atoms with Crippen LogP contribution in [-0.2, 0) is 11.4 Å². The summed E-state index contributed by atoms with van der Waals surface area (Å²) in [5, 5.41) is 10.8. The number of hydrogen-bond donors (Lipinski definition) is 2. The first-order valence-corrected chi connectivity index (χ1v) is 9.94. The van der Waals surface area contributed by atoms with Gasteiger partial charge in [0, 0.05) is 0 Å². The monoisotopic (exact) mass is 397 g/mol. The molecule has 2 N–H and O–H groups in total. The number of anilines is 1. The maximum absolute atomic E-state index is 12.1. The highest BCUT2D eigenvalue weighted by molar-refractivity contribution is 7.99. The van der Waals surface area contributed by atoms with Crippen LogP contribution in [0, 0.1) is 0 Å². The summed E-state index contributed by atoms with van der Waals surface area (Å²) in [5.41, 5.74) is 0.877. The fraction of sp³-hybridized carbons (Fsp3) is 0.111. The molecular weight excluding hydrogens is 382 g/mol. The van der Waals surface area contributed by atoms with E-state index in [9.17, 15) is 4.79 Å². The normalized spacial score (nSPS) is 10.8. The first-order chi connectivity index (χ1) is 13.3. The van der Waals surface area contributed by atoms with E-state index in [1.54, 1.807) is 0 Å². The van der Waals surface area contributed by atoms with E-state index in [1.165, 1.54) is 23.1 Å². The van der Waals surface area contributed by atoms with Crippen molar-refractivity contribution in [3.05, 3.63) is 60.4 Å². The summed E-state index contributed by atoms with van der Waals surface area (Å²) < 4.78 is 6.65. The van der Waals surface area contributed by atoms with E-state index in [-0.39, 0.29) is 18.3 Å². The van der Waals surface area contributed by atoms with Gasteiger partial charge in [-0.05, 0) is 24.3 Å². The van der Waals surface area contributed by atoms with Crippen molar-refractivity contribution in [1.29, 1.82) is 0 Å². The summed E-state index contributed by atoms with van der Waals surface area (Å²) in [4.78, 5) is 20.8. The SMILES string of the molecule is O=C(CSc1n[nH]c(COc2ccccc2)n1)Nc1nc2ccccc2s1. The van der Waals surface area contributed by atoms with Crippen LogP contribution in [-0.4, -0.2) is 31.8 Å². The van der Waals surface area contributed by atoms with Crippen LogP contribution in [0.1, 0.15) is 5.82 Å². The largest absolute Gasteiger partial charge is 0.486 e. The second kappa shape index (κ2) is 8.19. The number of para-hydroxylation sites is 2. The lowest BCUT2D eigenvalue weighted by Gasteiger charge is -2.02. The Morgan fingerprint density at radius 3 is 2.78 bits per heavy atom. The number of fused-ring (bicyclic) bond motifs is 1. The number of thioether (sulfide) groups is 1. The maximum atomic E-state index is 12.1. The molecule has 2 aromatic carbocycles. The number of carbonyl (C=O) groups excluding carboxylic acids is 1. The van der Waals surface area contributed by atoms with Crippen LogP contribution in [0.5, 0.6) is 5.75 Å². The number of thiazole rings is 1. The van der Waals surface area contributed by atoms with E-state index in [4.69, 9.17) is 4.74 Å². The number of nitrogens with zero attached hydrogens (tertiary/aromatic N) is 3. The van der Waals surface area contributed by atoms with Gasteiger partial charge in [0.2, 0.25) is 11.1 Å². The van der Waals surface area contributed by atoms with Crippen LogP contribution in [0.2, 0.25) is 0 Å². The van der Waals surface area contributed by atoms with Crippen molar-refractivity contribution in [2.75, 3.05) is 11.1 Å². The number of aromatic amines is 1. The summed E-state index contributed by atoms with van der Waals surface area (Å²) >= 11 is 2.70. The molecule has 7 nitrogen and oxygen atoms in total. The number of nitrogens with one attached hydrogen (secondary N) is 2. The Hall–Kier alpha value is -2.91. The first kappa shape index (κ1) is 17.5. The number of ether oxygens (including phenoxy) is 1. The molecule has 0 radical (unpaired) electrons. The minimum atomic E-state index is -0.147. The minimum absolute atomic E-state index is 0.147. The number of benzene rings is 2. The molecule has 0 aliphatic rings. The van der Waals surface area contributed by atoms with Crippen molar-refractivity contribution in [3.8, 4) is 5.75 Å². The molecule has 0 fully saturated rings. The fourth-order valence-electron chi connectivity index (χ4n) is 2.29. The van der Waals surface area contributed by atoms with Gasteiger partial charge in [-0.2, -0.15) is 0 Å². The van der Waals surface area contributed by atoms with Gasteiger partial charge in [-0.25, -0.2) is 9.97 Å². The predicted molar refractivity (Wildman–Crippen MR) is 106 cm³/mol. The summed E-state index contributed by atoms with van der Waals surface area (Å²) in [5.74, 6) is 1.42. The Bertz CT molecular complexity index is 1020. The Labute approximate surface area is 163 Å². The summed E-state index contributed by atoms with van der Waals surface area (Å²) in [6.07, 6.45) is 0. The van der Waals surface area contributed by atoms with Gasteiger partial charge in [-0.15, -0.1) is 5.10 Å². The average molecular weight is 397 g/mol. The lowest BCUT2D eigenvalue weighted by molar-refractivity contribution is -0.113. The zero-order valence-corrected chi connectivity index (χ0v) is 15.7. The number of H-pyrrole nitrogens is 1. The molecule has 0 spiro atoms. The molecular formula is C18H15N5O2S2. The van der Waals surface area contributed by atoms with Gasteiger partial charge >= 0.3 is 0 Å². The van der Waals surface area contributed by atoms with E-state index < -0.39 is 0 Å². The van der Waals surface area contributed by atoms with Crippen molar-refractivity contribution in [1.82, 2.24) is 20.2 Å². The number of carbonyl (C=O) groups is 1. The Balaban J connectivity index is 1.27. The molecule has 136 valence electrons. The highest BCUT2D eigenvalue weighted by atomic mass is 32.2. The fourth-order valence-corrected chi connectivity index (χ4v) is 3.79. The molecule has 0 aliphatic heterocycles. The second-order valence-electron chi connectivity index (χ2n) is 5.49. The summed E-state index contributed by atoms with van der Waals surface area (Å²) in [6, 6.07) is 17.2. The summed E-state index contributed by atoms with van der Waals surface area (Å²) in [6.45, 7) is 0.287. The van der Waals surface area contributed by atoms with Gasteiger partial charge in [0.1, 0.15) is 12.4 Å². The molecule has 0 atom stereocenters. The lowest BCUT2D eigenvalue weighted by atomic mass is 10.3. The maximum Gasteiger partial charge on any atom is 0.236 e. The Morgan fingerprint density at radius 2 is 1.93 bits per heavy atom. The van der Waals surface area contributed by atoms with E-state index in [0.29, 0.717) is 16.1 Å². The molecule has 4 aromatic rings. The van der Waals surface area contributed by atoms with Crippen LogP contribution in [0.25, 0.3) is 10.2 Å². The number of amides is 1. The van der Waals surface area contributed by atoms with Crippen LogP contribution in [0.15, 0.2) is 59.8 Å². The zero-order valence-electron chi connectivity index (χ0n) is 14.1. The van der Waals surface area contributed by atoms with Crippen LogP contribution < -0.4 is 10.1 Å². The predicted octanol–water partition coefficient (Wildman–Crippen LogP) is 3.72. The van der Waals surface area contributed by atoms with Crippen molar-refractivity contribution in [2.24, 2.45) is 0 Å². The van der Waals surface area contributed by atoms with Crippen molar-refractivity contribution < 1.29 is 9.53 Å². The van der Waals surface area contributed by atoms with E-state index in [0.717, 1.165) is 16.0 Å². The quantitative estimate of drug-likeness (QED) is 0.462. The van der Waals surface area contributed by atoms with Crippen molar-refractivity contribution >= 4 is 44.4 Å². The van der Waals surface area contributed by atoms with E-state index in [2.05, 4.69) is 25.5 Å². The molecule has 0 aliphatic carbocycles. The third kappa shape index (κ3) is 4.63. The van der Waals surface area contributed by atoms with Crippen LogP contribution in [0.4, 0.5) is 5.13 Å². The van der Waals surface area contributed by atoms with Crippen molar-refractivity contribution in [3.63, 3.8) is 0 Å². The third-order valence-electron chi connectivity index (χ3n) is 3.50. The van der Waals surface area contributed by atoms with E-state index in [1.807, 2.05) is 54.6 Å². The van der Waals surface area contributed by atoms with Gasteiger partial charge in [-0.1, -0.05) is 53.4 Å². The number of hydrogen-bond acceptors (Lipinski definition) is 7. The molecule has 1 amide bonds. The summed E-state index contributed by atoms with van der Waals surface area (Å²) in [7, 11) is 0. The van der Waals surface area contributed by atoms with Crippen molar-refractivity contribution in [2.45, 2.75) is 11.8 Å². The van der Waals surface area contributed by atoms with Gasteiger partial charge in [0.15, 0.2) is 11.0 Å². The molecule has 2 aromatic heterocycles. The Morgan fingerprint density at radius 1 is 1.11 bits per heavy atom. The van der Waals surface area contributed by atoms with Crippen LogP contribution >= 0.6 is 23.1 Å². The Kier molecular flexibility index (Phi) is 5.31. The smallest absolute Gasteiger partial charge is 0.236 e. The standard InChI is InChI=1S/C18H15N5O2S2/c24-16(21-17-19-13-8-4-5-9-14(13)27-17)11-26-18-20-15(22-23-18)10-25-12-6-2-1-3-7-12/h1-9H,10-11H2,(H,19,21,24)(H,20,22,23). The highest BCUT2D eigenvalue weighted by Gasteiger charge is 2.11. The third-order valence-corrected chi connectivity index (χ3v) is 5.30. The van der Waals surface area contributed by atoms with Gasteiger partial charge < -0.3 is 10.1 Å². The molecule has 0 saturated heterocycles. The van der Waals surface area contributed by atoms with Gasteiger partial charge in [0.05, 0.1) is 16.0 Å². The molecule has 4 rings (SSSR count). The zero-order chi connectivity index (χ0) is 18.5. The first-order valence-electron chi connectivity index (χ1n) is 8.13. The van der Waals surface area contributed by atoms with Gasteiger partial charge in [-0.3, -0.25) is 9.89 Å². The average Bonchev–Trinajstić information content (AvgIpc) is 3.31. The molecule has 0 unspecified atom stereocenters. The second-order valence-corrected chi connectivity index (χ2v) is 7.46. The minimum Gasteiger partial charge on any atom is -0.486 e.